The average molecular weight is 436 g/mol. The molecule has 2 aromatic heterocycles. The van der Waals surface area contributed by atoms with Crippen molar-refractivity contribution in [3.8, 4) is 10.4 Å². The second kappa shape index (κ2) is 8.10. The molecule has 0 aliphatic carbocycles. The molecule has 0 aliphatic rings. The summed E-state index contributed by atoms with van der Waals surface area (Å²) < 4.78 is 25.2. The zero-order valence-corrected chi connectivity index (χ0v) is 17.3. The van der Waals surface area contributed by atoms with Crippen molar-refractivity contribution in [2.45, 2.75) is 9.92 Å². The first kappa shape index (κ1) is 19.8. The van der Waals surface area contributed by atoms with Crippen LogP contribution >= 0.6 is 11.3 Å². The van der Waals surface area contributed by atoms with Gasteiger partial charge in [0.2, 0.25) is 9.84 Å². The number of hydrogen-bond acceptors (Lipinski definition) is 6. The number of amides is 1. The number of nitrogens with one attached hydrogen (secondary N) is 1. The number of sulfone groups is 1. The van der Waals surface area contributed by atoms with Gasteiger partial charge in [-0.2, -0.15) is 0 Å². The first-order valence-corrected chi connectivity index (χ1v) is 11.3. The molecule has 4 rings (SSSR count). The van der Waals surface area contributed by atoms with Crippen LogP contribution in [-0.4, -0.2) is 19.3 Å². The van der Waals surface area contributed by atoms with Crippen molar-refractivity contribution in [1.82, 2.24) is 4.98 Å². The molecule has 1 amide bonds. The molecule has 0 spiro atoms. The summed E-state index contributed by atoms with van der Waals surface area (Å²) >= 11 is 1.59. The van der Waals surface area contributed by atoms with Crippen LogP contribution in [0.15, 0.2) is 94.3 Å². The van der Waals surface area contributed by atoms with Crippen LogP contribution in [0.25, 0.3) is 10.4 Å². The number of thiophene rings is 1. The molecule has 0 bridgehead atoms. The standard InChI is InChI=1S/C22H17N3O3S2/c23-18-11-8-16(20-4-3-13-29-20)14-19(18)25-22(26)15-6-9-17(10-7-15)30(27,28)21-5-1-2-12-24-21/h1-14H,23H2,(H,25,26). The second-order valence-corrected chi connectivity index (χ2v) is 9.27. The molecule has 0 atom stereocenters. The van der Waals surface area contributed by atoms with Crippen LogP contribution < -0.4 is 11.1 Å². The third-order valence-corrected chi connectivity index (χ3v) is 7.05. The Balaban J connectivity index is 1.56. The summed E-state index contributed by atoms with van der Waals surface area (Å²) in [6.45, 7) is 0. The van der Waals surface area contributed by atoms with Crippen LogP contribution in [0.5, 0.6) is 0 Å². The van der Waals surface area contributed by atoms with Crippen molar-refractivity contribution >= 4 is 38.5 Å². The molecule has 6 nitrogen and oxygen atoms in total. The lowest BCUT2D eigenvalue weighted by atomic mass is 10.1. The Morgan fingerprint density at radius 3 is 2.43 bits per heavy atom. The van der Waals surface area contributed by atoms with E-state index in [0.717, 1.165) is 10.4 Å². The van der Waals surface area contributed by atoms with Gasteiger partial charge in [0.15, 0.2) is 5.03 Å². The molecule has 8 heteroatoms. The van der Waals surface area contributed by atoms with E-state index in [-0.39, 0.29) is 15.8 Å². The molecule has 0 saturated heterocycles. The first-order chi connectivity index (χ1) is 14.4. The van der Waals surface area contributed by atoms with Crippen molar-refractivity contribution in [2.75, 3.05) is 11.1 Å². The summed E-state index contributed by atoms with van der Waals surface area (Å²) in [6, 6.07) is 19.8. The first-order valence-electron chi connectivity index (χ1n) is 8.96. The van der Waals surface area contributed by atoms with Crippen molar-refractivity contribution in [3.63, 3.8) is 0 Å². The van der Waals surface area contributed by atoms with E-state index in [1.54, 1.807) is 29.5 Å². The van der Waals surface area contributed by atoms with Gasteiger partial charge in [0.1, 0.15) is 0 Å². The highest BCUT2D eigenvalue weighted by molar-refractivity contribution is 7.91. The summed E-state index contributed by atoms with van der Waals surface area (Å²) in [6.07, 6.45) is 1.42. The SMILES string of the molecule is Nc1ccc(-c2cccs2)cc1NC(=O)c1ccc(S(=O)(=O)c2ccccn2)cc1. The Labute approximate surface area is 178 Å². The maximum absolute atomic E-state index is 12.7. The summed E-state index contributed by atoms with van der Waals surface area (Å²) in [5.74, 6) is -0.383. The highest BCUT2D eigenvalue weighted by atomic mass is 32.2. The average Bonchev–Trinajstić information content (AvgIpc) is 3.31. The van der Waals surface area contributed by atoms with E-state index >= 15 is 0 Å². The normalized spacial score (nSPS) is 11.2. The van der Waals surface area contributed by atoms with Crippen LogP contribution in [0.3, 0.4) is 0 Å². The molecule has 0 fully saturated rings. The Morgan fingerprint density at radius 2 is 1.77 bits per heavy atom. The zero-order chi connectivity index (χ0) is 21.1. The van der Waals surface area contributed by atoms with Gasteiger partial charge >= 0.3 is 0 Å². The lowest BCUT2D eigenvalue weighted by Crippen LogP contribution is -2.13. The van der Waals surface area contributed by atoms with Crippen LogP contribution in [0, 0.1) is 0 Å². The third-order valence-electron chi connectivity index (χ3n) is 4.45. The molecule has 0 unspecified atom stereocenters. The van der Waals surface area contributed by atoms with E-state index < -0.39 is 9.84 Å². The van der Waals surface area contributed by atoms with E-state index in [2.05, 4.69) is 10.3 Å². The number of pyridine rings is 1. The lowest BCUT2D eigenvalue weighted by Gasteiger charge is -2.10. The number of nitrogens with two attached hydrogens (primary N) is 1. The fraction of sp³-hybridized carbons (Fsp3) is 0. The second-order valence-electron chi connectivity index (χ2n) is 6.43. The van der Waals surface area contributed by atoms with Gasteiger partial charge in [-0.05, 0) is 65.5 Å². The molecule has 2 aromatic carbocycles. The fourth-order valence-corrected chi connectivity index (χ4v) is 4.78. The number of benzene rings is 2. The number of aromatic nitrogens is 1. The van der Waals surface area contributed by atoms with Crippen molar-refractivity contribution in [3.05, 3.63) is 89.9 Å². The van der Waals surface area contributed by atoms with E-state index in [1.165, 1.54) is 36.5 Å². The van der Waals surface area contributed by atoms with Gasteiger partial charge in [-0.3, -0.25) is 4.79 Å². The monoisotopic (exact) mass is 435 g/mol. The number of nitrogen functional groups attached to an aromatic ring is 1. The van der Waals surface area contributed by atoms with Crippen molar-refractivity contribution in [1.29, 1.82) is 0 Å². The number of nitrogens with zero attached hydrogens (tertiary/aromatic N) is 1. The summed E-state index contributed by atoms with van der Waals surface area (Å²) in [7, 11) is -3.74. The minimum atomic E-state index is -3.74. The number of carbonyl (C=O) groups is 1. The van der Waals surface area contributed by atoms with Gasteiger partial charge in [0.25, 0.3) is 5.91 Å². The number of hydrogen-bond donors (Lipinski definition) is 2. The van der Waals surface area contributed by atoms with Crippen LogP contribution in [0.2, 0.25) is 0 Å². The van der Waals surface area contributed by atoms with E-state index in [4.69, 9.17) is 5.73 Å². The lowest BCUT2D eigenvalue weighted by molar-refractivity contribution is 0.102. The highest BCUT2D eigenvalue weighted by Crippen LogP contribution is 2.30. The molecule has 2 heterocycles. The quantitative estimate of drug-likeness (QED) is 0.450. The van der Waals surface area contributed by atoms with Gasteiger partial charge in [-0.1, -0.05) is 18.2 Å². The Bertz CT molecular complexity index is 1290. The predicted molar refractivity (Wildman–Crippen MR) is 118 cm³/mol. The van der Waals surface area contributed by atoms with Crippen molar-refractivity contribution < 1.29 is 13.2 Å². The molecule has 0 aliphatic heterocycles. The number of carbonyl (C=O) groups excluding carboxylic acids is 1. The topological polar surface area (TPSA) is 102 Å². The van der Waals surface area contributed by atoms with E-state index in [9.17, 15) is 13.2 Å². The summed E-state index contributed by atoms with van der Waals surface area (Å²) in [5, 5.41) is 4.73. The van der Waals surface area contributed by atoms with Gasteiger partial charge in [-0.15, -0.1) is 11.3 Å². The van der Waals surface area contributed by atoms with E-state index in [0.29, 0.717) is 16.9 Å². The summed E-state index contributed by atoms with van der Waals surface area (Å²) in [5.41, 5.74) is 8.22. The third kappa shape index (κ3) is 3.96. The maximum atomic E-state index is 12.7. The van der Waals surface area contributed by atoms with E-state index in [1.807, 2.05) is 29.6 Å². The van der Waals surface area contributed by atoms with Gasteiger partial charge in [0, 0.05) is 16.6 Å². The van der Waals surface area contributed by atoms with Crippen LogP contribution in [0.1, 0.15) is 10.4 Å². The summed E-state index contributed by atoms with van der Waals surface area (Å²) in [4.78, 5) is 17.7. The Morgan fingerprint density at radius 1 is 0.967 bits per heavy atom. The molecule has 0 radical (unpaired) electrons. The predicted octanol–water partition coefficient (Wildman–Crippen LogP) is 4.48. The van der Waals surface area contributed by atoms with Crippen LogP contribution in [0.4, 0.5) is 11.4 Å². The van der Waals surface area contributed by atoms with Gasteiger partial charge in [-0.25, -0.2) is 13.4 Å². The van der Waals surface area contributed by atoms with Crippen LogP contribution in [-0.2, 0) is 9.84 Å². The smallest absolute Gasteiger partial charge is 0.255 e. The number of rotatable bonds is 5. The zero-order valence-electron chi connectivity index (χ0n) is 15.6. The van der Waals surface area contributed by atoms with Gasteiger partial charge in [0.05, 0.1) is 16.3 Å². The minimum Gasteiger partial charge on any atom is -0.397 e. The molecular formula is C22H17N3O3S2. The van der Waals surface area contributed by atoms with Crippen molar-refractivity contribution in [2.24, 2.45) is 0 Å². The Hall–Kier alpha value is -3.49. The maximum Gasteiger partial charge on any atom is 0.255 e. The fourth-order valence-electron chi connectivity index (χ4n) is 2.87. The largest absolute Gasteiger partial charge is 0.397 e. The molecule has 4 aromatic rings. The molecule has 30 heavy (non-hydrogen) atoms. The molecule has 3 N–H and O–H groups in total. The van der Waals surface area contributed by atoms with Gasteiger partial charge < -0.3 is 11.1 Å². The molecule has 150 valence electrons. The molecule has 0 saturated carbocycles. The number of anilines is 2. The Kier molecular flexibility index (Phi) is 5.35. The molecular weight excluding hydrogens is 418 g/mol. The highest BCUT2D eigenvalue weighted by Gasteiger charge is 2.19. The minimum absolute atomic E-state index is 0.0413.